The van der Waals surface area contributed by atoms with Gasteiger partial charge in [-0.2, -0.15) is 8.42 Å². The summed E-state index contributed by atoms with van der Waals surface area (Å²) >= 11 is 3.17. The van der Waals surface area contributed by atoms with E-state index in [0.29, 0.717) is 15.2 Å². The molecule has 2 aromatic rings. The van der Waals surface area contributed by atoms with E-state index in [9.17, 15) is 8.42 Å². The van der Waals surface area contributed by atoms with Crippen molar-refractivity contribution in [3.63, 3.8) is 0 Å². The first-order valence-corrected chi connectivity index (χ1v) is 6.22. The molecule has 7 heteroatoms. The van der Waals surface area contributed by atoms with Gasteiger partial charge in [0.05, 0.1) is 0 Å². The standard InChI is InChI=1S/C9H6BrNO3S.Na.H/c10-7-3-6-5-11-2-1-8(6)9(4-7)15(12,13)14;;/h1-5H,(H,12,13,14);;. The van der Waals surface area contributed by atoms with Crippen LogP contribution in [0.15, 0.2) is 40.0 Å². The Labute approximate surface area is 123 Å². The second-order valence-electron chi connectivity index (χ2n) is 2.98. The topological polar surface area (TPSA) is 67.3 Å². The molecule has 0 amide bonds. The molecule has 0 radical (unpaired) electrons. The summed E-state index contributed by atoms with van der Waals surface area (Å²) in [5, 5.41) is 1.11. The monoisotopic (exact) mass is 311 g/mol. The predicted octanol–water partition coefficient (Wildman–Crippen LogP) is 1.60. The first kappa shape index (κ1) is 14.1. The van der Waals surface area contributed by atoms with Gasteiger partial charge in [-0.15, -0.1) is 0 Å². The molecule has 4 nitrogen and oxygen atoms in total. The molecular formula is C9H7BrNNaO3S. The Kier molecular flexibility index (Phi) is 4.50. The van der Waals surface area contributed by atoms with Gasteiger partial charge in [0, 0.05) is 27.6 Å². The number of rotatable bonds is 1. The molecule has 2 rings (SSSR count). The van der Waals surface area contributed by atoms with Gasteiger partial charge in [-0.05, 0) is 18.2 Å². The third kappa shape index (κ3) is 2.82. The maximum absolute atomic E-state index is 11.1. The Morgan fingerprint density at radius 2 is 2.00 bits per heavy atom. The predicted molar refractivity (Wildman–Crippen MR) is 66.4 cm³/mol. The molecule has 0 atom stereocenters. The van der Waals surface area contributed by atoms with E-state index in [1.54, 1.807) is 12.1 Å². The van der Waals surface area contributed by atoms with E-state index in [1.807, 2.05) is 0 Å². The summed E-state index contributed by atoms with van der Waals surface area (Å²) in [7, 11) is -4.21. The molecule has 0 aliphatic carbocycles. The van der Waals surface area contributed by atoms with Crippen LogP contribution in [0.2, 0.25) is 0 Å². The Morgan fingerprint density at radius 3 is 2.62 bits per heavy atom. The number of fused-ring (bicyclic) bond motifs is 1. The molecule has 1 N–H and O–H groups in total. The van der Waals surface area contributed by atoms with Gasteiger partial charge >= 0.3 is 29.6 Å². The molecule has 1 aromatic carbocycles. The van der Waals surface area contributed by atoms with Crippen molar-refractivity contribution in [2.45, 2.75) is 4.90 Å². The summed E-state index contributed by atoms with van der Waals surface area (Å²) in [5.41, 5.74) is 0. The summed E-state index contributed by atoms with van der Waals surface area (Å²) in [6.45, 7) is 0. The van der Waals surface area contributed by atoms with Crippen molar-refractivity contribution in [2.75, 3.05) is 0 Å². The first-order valence-electron chi connectivity index (χ1n) is 3.99. The summed E-state index contributed by atoms with van der Waals surface area (Å²) in [5.74, 6) is 0. The SMILES string of the molecule is O=S(=O)(O)c1cc(Br)cc2cnccc12.[NaH]. The molecule has 0 bridgehead atoms. The van der Waals surface area contributed by atoms with Crippen LogP contribution in [0, 0.1) is 0 Å². The van der Waals surface area contributed by atoms with Crippen molar-refractivity contribution >= 4 is 66.4 Å². The summed E-state index contributed by atoms with van der Waals surface area (Å²) in [6, 6.07) is 4.64. The zero-order valence-electron chi connectivity index (χ0n) is 7.38. The first-order chi connectivity index (χ1) is 6.98. The molecule has 0 spiro atoms. The Hall–Kier alpha value is 0.0200. The van der Waals surface area contributed by atoms with Crippen LogP contribution in [0.5, 0.6) is 0 Å². The van der Waals surface area contributed by atoms with E-state index in [1.165, 1.54) is 18.5 Å². The van der Waals surface area contributed by atoms with Crippen LogP contribution in [0.3, 0.4) is 0 Å². The van der Waals surface area contributed by atoms with Crippen LogP contribution in [-0.4, -0.2) is 47.5 Å². The minimum atomic E-state index is -4.21. The van der Waals surface area contributed by atoms with Crippen LogP contribution < -0.4 is 0 Å². The summed E-state index contributed by atoms with van der Waals surface area (Å²) in [6.07, 6.45) is 3.01. The molecule has 0 saturated carbocycles. The molecule has 0 fully saturated rings. The number of halogens is 1. The second kappa shape index (κ2) is 5.12. The van der Waals surface area contributed by atoms with Gasteiger partial charge in [0.1, 0.15) is 4.90 Å². The van der Waals surface area contributed by atoms with Crippen LogP contribution in [0.1, 0.15) is 0 Å². The van der Waals surface area contributed by atoms with Gasteiger partial charge in [0.2, 0.25) is 0 Å². The summed E-state index contributed by atoms with van der Waals surface area (Å²) in [4.78, 5) is 3.76. The molecule has 1 aromatic heterocycles. The van der Waals surface area contributed by atoms with Crippen LogP contribution in [0.4, 0.5) is 0 Å². The van der Waals surface area contributed by atoms with Crippen molar-refractivity contribution in [2.24, 2.45) is 0 Å². The minimum absolute atomic E-state index is 0. The van der Waals surface area contributed by atoms with Gasteiger partial charge in [-0.1, -0.05) is 15.9 Å². The molecule has 0 unspecified atom stereocenters. The quantitative estimate of drug-likeness (QED) is 0.641. The molecule has 16 heavy (non-hydrogen) atoms. The van der Waals surface area contributed by atoms with Gasteiger partial charge < -0.3 is 0 Å². The molecule has 0 aliphatic heterocycles. The Bertz CT molecular complexity index is 630. The second-order valence-corrected chi connectivity index (χ2v) is 5.28. The van der Waals surface area contributed by atoms with Gasteiger partial charge in [0.25, 0.3) is 10.1 Å². The van der Waals surface area contributed by atoms with Crippen LogP contribution in [0.25, 0.3) is 10.8 Å². The fraction of sp³-hybridized carbons (Fsp3) is 0. The third-order valence-electron chi connectivity index (χ3n) is 1.96. The average Bonchev–Trinajstić information content (AvgIpc) is 2.15. The average molecular weight is 312 g/mol. The number of pyridine rings is 1. The molecule has 80 valence electrons. The molecule has 0 saturated heterocycles. The maximum atomic E-state index is 11.1. The van der Waals surface area contributed by atoms with Crippen molar-refractivity contribution in [1.29, 1.82) is 0 Å². The summed E-state index contributed by atoms with van der Waals surface area (Å²) < 4.78 is 31.8. The number of nitrogens with zero attached hydrogens (tertiary/aromatic N) is 1. The van der Waals surface area contributed by atoms with Gasteiger partial charge in [-0.25, -0.2) is 0 Å². The number of hydrogen-bond acceptors (Lipinski definition) is 3. The Morgan fingerprint density at radius 1 is 1.31 bits per heavy atom. The number of hydrogen-bond donors (Lipinski definition) is 1. The Balaban J connectivity index is 0.00000128. The van der Waals surface area contributed by atoms with Crippen molar-refractivity contribution in [1.82, 2.24) is 4.98 Å². The van der Waals surface area contributed by atoms with E-state index in [4.69, 9.17) is 4.55 Å². The third-order valence-corrected chi connectivity index (χ3v) is 3.31. The molecular weight excluding hydrogens is 305 g/mol. The van der Waals surface area contributed by atoms with Crippen molar-refractivity contribution < 1.29 is 13.0 Å². The normalized spacial score (nSPS) is 11.1. The number of aromatic nitrogens is 1. The van der Waals surface area contributed by atoms with E-state index in [0.717, 1.165) is 0 Å². The van der Waals surface area contributed by atoms with Crippen LogP contribution >= 0.6 is 15.9 Å². The van der Waals surface area contributed by atoms with E-state index in [2.05, 4.69) is 20.9 Å². The fourth-order valence-electron chi connectivity index (χ4n) is 1.35. The molecule has 0 aliphatic rings. The van der Waals surface area contributed by atoms with E-state index in [-0.39, 0.29) is 34.5 Å². The van der Waals surface area contributed by atoms with E-state index < -0.39 is 10.1 Å². The van der Waals surface area contributed by atoms with Gasteiger partial charge in [-0.3, -0.25) is 9.54 Å². The van der Waals surface area contributed by atoms with Crippen LogP contribution in [-0.2, 0) is 10.1 Å². The molecule has 1 heterocycles. The fourth-order valence-corrected chi connectivity index (χ4v) is 2.72. The zero-order valence-corrected chi connectivity index (χ0v) is 9.79. The van der Waals surface area contributed by atoms with Gasteiger partial charge in [0.15, 0.2) is 0 Å². The zero-order chi connectivity index (χ0) is 11.1. The van der Waals surface area contributed by atoms with Crippen molar-refractivity contribution in [3.8, 4) is 0 Å². The van der Waals surface area contributed by atoms with Crippen molar-refractivity contribution in [3.05, 3.63) is 35.1 Å². The van der Waals surface area contributed by atoms with E-state index >= 15 is 0 Å². The number of benzene rings is 1.